The average Bonchev–Trinajstić information content (AvgIpc) is 2.26. The fourth-order valence-electron chi connectivity index (χ4n) is 1.25. The molecule has 0 atom stereocenters. The Kier molecular flexibility index (Phi) is 5.45. The highest BCUT2D eigenvalue weighted by molar-refractivity contribution is 6.40. The molecule has 0 bridgehead atoms. The molecule has 1 aromatic rings. The molecular formula is C12H12Cl2O3. The number of ether oxygens (including phenoxy) is 1. The van der Waals surface area contributed by atoms with E-state index in [0.29, 0.717) is 13.0 Å². The van der Waals surface area contributed by atoms with Crippen LogP contribution in [0.4, 0.5) is 0 Å². The van der Waals surface area contributed by atoms with Crippen LogP contribution in [0.5, 0.6) is 0 Å². The summed E-state index contributed by atoms with van der Waals surface area (Å²) in [4.78, 5) is 23.1. The highest BCUT2D eigenvalue weighted by Crippen LogP contribution is 2.25. The number of carbonyl (C=O) groups is 2. The van der Waals surface area contributed by atoms with Crippen molar-refractivity contribution < 1.29 is 14.3 Å². The molecule has 92 valence electrons. The fraction of sp³-hybridized carbons (Fsp3) is 0.333. The lowest BCUT2D eigenvalue weighted by atomic mass is 10.1. The van der Waals surface area contributed by atoms with Gasteiger partial charge in [0.15, 0.2) is 5.78 Å². The summed E-state index contributed by atoms with van der Waals surface area (Å²) >= 11 is 11.7. The lowest BCUT2D eigenvalue weighted by molar-refractivity contribution is -0.142. The third-order valence-corrected chi connectivity index (χ3v) is 2.64. The van der Waals surface area contributed by atoms with Crippen molar-refractivity contribution in [1.29, 1.82) is 0 Å². The minimum atomic E-state index is -0.562. The first kappa shape index (κ1) is 14.0. The summed E-state index contributed by atoms with van der Waals surface area (Å²) in [6.45, 7) is 2.18. The molecule has 0 spiro atoms. The second-order valence-electron chi connectivity index (χ2n) is 3.42. The van der Waals surface area contributed by atoms with Gasteiger partial charge < -0.3 is 4.74 Å². The molecule has 0 aliphatic heterocycles. The summed E-state index contributed by atoms with van der Waals surface area (Å²) in [5.74, 6) is -0.991. The number of hydrogen-bond acceptors (Lipinski definition) is 3. The zero-order chi connectivity index (χ0) is 12.8. The average molecular weight is 275 g/mol. The standard InChI is InChI=1S/C12H12Cl2O3/c1-2-6-17-11(16)7-10(15)12-8(13)4-3-5-9(12)14/h3-5H,2,6-7H2,1H3. The molecular weight excluding hydrogens is 263 g/mol. The van der Waals surface area contributed by atoms with Crippen molar-refractivity contribution >= 4 is 35.0 Å². The van der Waals surface area contributed by atoms with Gasteiger partial charge in [0.05, 0.1) is 22.2 Å². The Morgan fingerprint density at radius 1 is 1.24 bits per heavy atom. The largest absolute Gasteiger partial charge is 0.465 e. The van der Waals surface area contributed by atoms with E-state index in [2.05, 4.69) is 0 Å². The van der Waals surface area contributed by atoms with Gasteiger partial charge in [-0.25, -0.2) is 0 Å². The van der Waals surface area contributed by atoms with E-state index in [0.717, 1.165) is 0 Å². The Morgan fingerprint density at radius 2 is 1.82 bits per heavy atom. The zero-order valence-electron chi connectivity index (χ0n) is 9.33. The van der Waals surface area contributed by atoms with Crippen molar-refractivity contribution in [2.24, 2.45) is 0 Å². The molecule has 0 amide bonds. The Balaban J connectivity index is 2.73. The molecule has 0 fully saturated rings. The molecule has 5 heteroatoms. The molecule has 17 heavy (non-hydrogen) atoms. The van der Waals surface area contributed by atoms with E-state index in [1.165, 1.54) is 0 Å². The Morgan fingerprint density at radius 3 is 2.35 bits per heavy atom. The summed E-state index contributed by atoms with van der Waals surface area (Å²) in [6.07, 6.45) is 0.371. The molecule has 0 radical (unpaired) electrons. The molecule has 0 saturated heterocycles. The van der Waals surface area contributed by atoms with Crippen molar-refractivity contribution in [3.05, 3.63) is 33.8 Å². The third-order valence-electron chi connectivity index (χ3n) is 2.01. The van der Waals surface area contributed by atoms with Crippen LogP contribution in [0.2, 0.25) is 10.0 Å². The van der Waals surface area contributed by atoms with Gasteiger partial charge in [-0.2, -0.15) is 0 Å². The summed E-state index contributed by atoms with van der Waals surface area (Å²) in [7, 11) is 0. The van der Waals surface area contributed by atoms with E-state index in [9.17, 15) is 9.59 Å². The number of halogens is 2. The molecule has 1 rings (SSSR count). The molecule has 0 N–H and O–H groups in total. The number of Topliss-reactive ketones (excluding diaryl/α,β-unsaturated/α-hetero) is 1. The lowest BCUT2D eigenvalue weighted by Crippen LogP contribution is -2.12. The van der Waals surface area contributed by atoms with Crippen LogP contribution >= 0.6 is 23.2 Å². The number of ketones is 1. The Bertz CT molecular complexity index is 410. The van der Waals surface area contributed by atoms with Gasteiger partial charge in [-0.15, -0.1) is 0 Å². The molecule has 0 aliphatic carbocycles. The van der Waals surface area contributed by atoms with Crippen LogP contribution in [0.3, 0.4) is 0 Å². The molecule has 0 aliphatic rings. The van der Waals surface area contributed by atoms with Crippen LogP contribution in [0.15, 0.2) is 18.2 Å². The number of benzene rings is 1. The van der Waals surface area contributed by atoms with Crippen molar-refractivity contribution in [1.82, 2.24) is 0 Å². The maximum absolute atomic E-state index is 11.8. The zero-order valence-corrected chi connectivity index (χ0v) is 10.8. The van der Waals surface area contributed by atoms with Crippen LogP contribution in [-0.4, -0.2) is 18.4 Å². The van der Waals surface area contributed by atoms with E-state index >= 15 is 0 Å². The van der Waals surface area contributed by atoms with E-state index in [1.54, 1.807) is 18.2 Å². The van der Waals surface area contributed by atoms with Gasteiger partial charge in [0, 0.05) is 0 Å². The number of rotatable bonds is 5. The van der Waals surface area contributed by atoms with Crippen LogP contribution in [0.1, 0.15) is 30.1 Å². The van der Waals surface area contributed by atoms with Crippen molar-refractivity contribution in [2.75, 3.05) is 6.61 Å². The van der Waals surface area contributed by atoms with Gasteiger partial charge in [0.25, 0.3) is 0 Å². The van der Waals surface area contributed by atoms with Crippen LogP contribution < -0.4 is 0 Å². The lowest BCUT2D eigenvalue weighted by Gasteiger charge is -2.06. The normalized spacial score (nSPS) is 10.1. The van der Waals surface area contributed by atoms with Crippen LogP contribution in [-0.2, 0) is 9.53 Å². The second-order valence-corrected chi connectivity index (χ2v) is 4.23. The minimum absolute atomic E-state index is 0.171. The van der Waals surface area contributed by atoms with E-state index in [1.807, 2.05) is 6.92 Å². The van der Waals surface area contributed by atoms with E-state index in [-0.39, 0.29) is 22.0 Å². The summed E-state index contributed by atoms with van der Waals surface area (Å²) in [6, 6.07) is 4.74. The summed E-state index contributed by atoms with van der Waals surface area (Å²) in [5, 5.41) is 0.483. The van der Waals surface area contributed by atoms with Gasteiger partial charge in [-0.05, 0) is 18.6 Å². The number of esters is 1. The Hall–Kier alpha value is -1.06. The molecule has 0 heterocycles. The predicted molar refractivity (Wildman–Crippen MR) is 66.7 cm³/mol. The van der Waals surface area contributed by atoms with Gasteiger partial charge in [-0.3, -0.25) is 9.59 Å². The van der Waals surface area contributed by atoms with Crippen LogP contribution in [0, 0.1) is 0 Å². The quantitative estimate of drug-likeness (QED) is 0.469. The van der Waals surface area contributed by atoms with Crippen molar-refractivity contribution in [3.63, 3.8) is 0 Å². The van der Waals surface area contributed by atoms with Gasteiger partial charge in [0.1, 0.15) is 6.42 Å². The second kappa shape index (κ2) is 6.62. The number of hydrogen-bond donors (Lipinski definition) is 0. The number of carbonyl (C=O) groups excluding carboxylic acids is 2. The van der Waals surface area contributed by atoms with Crippen molar-refractivity contribution in [2.45, 2.75) is 19.8 Å². The van der Waals surface area contributed by atoms with Gasteiger partial charge >= 0.3 is 5.97 Å². The molecule has 3 nitrogen and oxygen atoms in total. The topological polar surface area (TPSA) is 43.4 Å². The SMILES string of the molecule is CCCOC(=O)CC(=O)c1c(Cl)cccc1Cl. The van der Waals surface area contributed by atoms with Crippen LogP contribution in [0.25, 0.3) is 0 Å². The van der Waals surface area contributed by atoms with E-state index < -0.39 is 11.8 Å². The third kappa shape index (κ3) is 4.02. The minimum Gasteiger partial charge on any atom is -0.465 e. The smallest absolute Gasteiger partial charge is 0.313 e. The van der Waals surface area contributed by atoms with Gasteiger partial charge in [-0.1, -0.05) is 36.2 Å². The Labute approximate surface area is 110 Å². The first-order valence-corrected chi connectivity index (χ1v) is 5.94. The summed E-state index contributed by atoms with van der Waals surface area (Å²) in [5.41, 5.74) is 0.171. The first-order valence-electron chi connectivity index (χ1n) is 5.19. The highest BCUT2D eigenvalue weighted by atomic mass is 35.5. The maximum atomic E-state index is 11.8. The highest BCUT2D eigenvalue weighted by Gasteiger charge is 2.18. The maximum Gasteiger partial charge on any atom is 0.313 e. The summed E-state index contributed by atoms with van der Waals surface area (Å²) < 4.78 is 4.82. The monoisotopic (exact) mass is 274 g/mol. The van der Waals surface area contributed by atoms with Crippen molar-refractivity contribution in [3.8, 4) is 0 Å². The van der Waals surface area contributed by atoms with E-state index in [4.69, 9.17) is 27.9 Å². The van der Waals surface area contributed by atoms with Gasteiger partial charge in [0.2, 0.25) is 0 Å². The fourth-order valence-corrected chi connectivity index (χ4v) is 1.86. The molecule has 0 aromatic heterocycles. The molecule has 1 aromatic carbocycles. The predicted octanol–water partition coefficient (Wildman–Crippen LogP) is 3.52. The molecule has 0 saturated carbocycles. The molecule has 0 unspecified atom stereocenters. The first-order chi connectivity index (χ1) is 8.06.